The Morgan fingerprint density at radius 1 is 0.955 bits per heavy atom. The second kappa shape index (κ2) is 5.28. The van der Waals surface area contributed by atoms with Crippen LogP contribution in [-0.4, -0.2) is 5.97 Å². The van der Waals surface area contributed by atoms with E-state index in [-0.39, 0.29) is 5.97 Å². The fraction of sp³-hybridized carbons (Fsp3) is 0.350. The van der Waals surface area contributed by atoms with Crippen LogP contribution in [0.3, 0.4) is 0 Å². The van der Waals surface area contributed by atoms with Gasteiger partial charge in [0.15, 0.2) is 0 Å². The van der Waals surface area contributed by atoms with Gasteiger partial charge in [-0.05, 0) is 42.2 Å². The normalized spacial score (nSPS) is 30.6. The lowest BCUT2D eigenvalue weighted by Gasteiger charge is -2.40. The summed E-state index contributed by atoms with van der Waals surface area (Å²) >= 11 is 0. The van der Waals surface area contributed by atoms with Gasteiger partial charge in [-0.2, -0.15) is 0 Å². The monoisotopic (exact) mass is 292 g/mol. The Hall–Kier alpha value is -2.09. The van der Waals surface area contributed by atoms with Crippen LogP contribution in [0.1, 0.15) is 42.7 Å². The zero-order valence-corrected chi connectivity index (χ0v) is 12.6. The molecule has 2 bridgehead atoms. The highest BCUT2D eigenvalue weighted by Gasteiger charge is 2.49. The molecule has 3 aliphatic rings. The molecule has 112 valence electrons. The maximum Gasteiger partial charge on any atom is 0.306 e. The van der Waals surface area contributed by atoms with E-state index in [0.717, 1.165) is 24.8 Å². The Balaban J connectivity index is 1.77. The molecule has 0 N–H and O–H groups in total. The van der Waals surface area contributed by atoms with Crippen molar-refractivity contribution in [2.45, 2.75) is 37.2 Å². The summed E-state index contributed by atoms with van der Waals surface area (Å²) in [6.45, 7) is 0. The summed E-state index contributed by atoms with van der Waals surface area (Å²) in [6.07, 6.45) is 3.45. The van der Waals surface area contributed by atoms with Crippen LogP contribution in [-0.2, 0) is 15.1 Å². The van der Waals surface area contributed by atoms with E-state index in [4.69, 9.17) is 4.74 Å². The Kier molecular flexibility index (Phi) is 3.25. The van der Waals surface area contributed by atoms with Crippen molar-refractivity contribution in [2.24, 2.45) is 5.92 Å². The molecule has 2 aromatic carbocycles. The molecule has 2 aromatic rings. The van der Waals surface area contributed by atoms with Gasteiger partial charge < -0.3 is 4.74 Å². The van der Waals surface area contributed by atoms with Gasteiger partial charge in [-0.3, -0.25) is 4.79 Å². The van der Waals surface area contributed by atoms with Gasteiger partial charge in [0.2, 0.25) is 0 Å². The molecule has 2 aliphatic heterocycles. The fourth-order valence-corrected chi connectivity index (χ4v) is 4.21. The first-order chi connectivity index (χ1) is 10.8. The van der Waals surface area contributed by atoms with Crippen LogP contribution in [0.15, 0.2) is 60.7 Å². The molecule has 3 fully saturated rings. The molecule has 2 heterocycles. The van der Waals surface area contributed by atoms with Crippen molar-refractivity contribution < 1.29 is 9.53 Å². The van der Waals surface area contributed by atoms with Crippen molar-refractivity contribution in [2.75, 3.05) is 0 Å². The maximum atomic E-state index is 12.3. The minimum absolute atomic E-state index is 0.0372. The molecule has 5 rings (SSSR count). The van der Waals surface area contributed by atoms with Crippen molar-refractivity contribution in [1.82, 2.24) is 0 Å². The summed E-state index contributed by atoms with van der Waals surface area (Å²) < 4.78 is 5.99. The molecule has 0 spiro atoms. The molecule has 22 heavy (non-hydrogen) atoms. The fourth-order valence-electron chi connectivity index (χ4n) is 4.21. The zero-order valence-electron chi connectivity index (χ0n) is 12.6. The Bertz CT molecular complexity index is 665. The molecule has 1 saturated carbocycles. The number of hydrogen-bond acceptors (Lipinski definition) is 2. The highest BCUT2D eigenvalue weighted by molar-refractivity contribution is 5.71. The lowest BCUT2D eigenvalue weighted by atomic mass is 9.67. The number of carbonyl (C=O) groups is 1. The third-order valence-corrected chi connectivity index (χ3v) is 5.30. The van der Waals surface area contributed by atoms with Gasteiger partial charge in [0.1, 0.15) is 5.60 Å². The molecule has 2 heteroatoms. The van der Waals surface area contributed by atoms with Gasteiger partial charge in [-0.1, -0.05) is 60.7 Å². The topological polar surface area (TPSA) is 26.3 Å². The standard InChI is InChI=1S/C20H20O2/c21-19-13-16-11-12-20(22-19,17-9-5-2-6-10-17)14-18(16)15-7-3-1-4-8-15/h1-10,16,18H,11-14H2/t16-,18-,20-/m1/s1. The molecule has 3 atom stereocenters. The predicted octanol–water partition coefficient (Wildman–Crippen LogP) is 4.41. The SMILES string of the molecule is O=C1C[C@H]2CC[C@](c3ccccc3)(C[C@@H]2c2ccccc2)O1. The van der Waals surface area contributed by atoms with Gasteiger partial charge in [0, 0.05) is 6.42 Å². The van der Waals surface area contributed by atoms with E-state index in [1.807, 2.05) is 24.3 Å². The smallest absolute Gasteiger partial charge is 0.306 e. The highest BCUT2D eigenvalue weighted by Crippen LogP contribution is 2.53. The van der Waals surface area contributed by atoms with Crippen LogP contribution >= 0.6 is 0 Å². The van der Waals surface area contributed by atoms with Crippen molar-refractivity contribution in [1.29, 1.82) is 0 Å². The quantitative estimate of drug-likeness (QED) is 0.766. The molecule has 0 amide bonds. The second-order valence-corrected chi connectivity index (χ2v) is 6.56. The lowest BCUT2D eigenvalue weighted by molar-refractivity contribution is -0.159. The molecular weight excluding hydrogens is 272 g/mol. The average molecular weight is 292 g/mol. The molecule has 0 aromatic heterocycles. The first-order valence-electron chi connectivity index (χ1n) is 8.09. The Morgan fingerprint density at radius 2 is 1.64 bits per heavy atom. The number of esters is 1. The van der Waals surface area contributed by atoms with Crippen molar-refractivity contribution >= 4 is 5.97 Å². The summed E-state index contributed by atoms with van der Waals surface area (Å²) in [6, 6.07) is 20.9. The minimum Gasteiger partial charge on any atom is -0.454 e. The van der Waals surface area contributed by atoms with E-state index < -0.39 is 5.60 Å². The van der Waals surface area contributed by atoms with Gasteiger partial charge in [-0.25, -0.2) is 0 Å². The number of hydrogen-bond donors (Lipinski definition) is 0. The second-order valence-electron chi connectivity index (χ2n) is 6.56. The van der Waals surface area contributed by atoms with Crippen LogP contribution in [0.2, 0.25) is 0 Å². The third-order valence-electron chi connectivity index (χ3n) is 5.30. The van der Waals surface area contributed by atoms with E-state index in [1.54, 1.807) is 0 Å². The van der Waals surface area contributed by atoms with Gasteiger partial charge in [0.25, 0.3) is 0 Å². The number of ether oxygens (including phenoxy) is 1. The van der Waals surface area contributed by atoms with Gasteiger partial charge in [0.05, 0.1) is 0 Å². The first-order valence-corrected chi connectivity index (χ1v) is 8.09. The summed E-state index contributed by atoms with van der Waals surface area (Å²) in [5, 5.41) is 0. The third kappa shape index (κ3) is 2.23. The number of fused-ring (bicyclic) bond motifs is 4. The van der Waals surface area contributed by atoms with Crippen molar-refractivity contribution in [3.63, 3.8) is 0 Å². The van der Waals surface area contributed by atoms with E-state index in [0.29, 0.717) is 18.3 Å². The summed E-state index contributed by atoms with van der Waals surface area (Å²) in [4.78, 5) is 12.3. The molecule has 2 nitrogen and oxygen atoms in total. The molecule has 0 radical (unpaired) electrons. The summed E-state index contributed by atoms with van der Waals surface area (Å²) in [5.41, 5.74) is 2.04. The van der Waals surface area contributed by atoms with E-state index >= 15 is 0 Å². The first kappa shape index (κ1) is 13.6. The summed E-state index contributed by atoms with van der Waals surface area (Å²) in [7, 11) is 0. The summed E-state index contributed by atoms with van der Waals surface area (Å²) in [5.74, 6) is 0.778. The minimum atomic E-state index is -0.439. The molecule has 0 unspecified atom stereocenters. The average Bonchev–Trinajstić information content (AvgIpc) is 2.83. The largest absolute Gasteiger partial charge is 0.454 e. The van der Waals surface area contributed by atoms with Crippen molar-refractivity contribution in [3.05, 3.63) is 71.8 Å². The van der Waals surface area contributed by atoms with E-state index in [9.17, 15) is 4.79 Å². The highest BCUT2D eigenvalue weighted by atomic mass is 16.6. The van der Waals surface area contributed by atoms with Gasteiger partial charge >= 0.3 is 5.97 Å². The van der Waals surface area contributed by atoms with Crippen LogP contribution in [0, 0.1) is 5.92 Å². The van der Waals surface area contributed by atoms with Crippen LogP contribution in [0.25, 0.3) is 0 Å². The Morgan fingerprint density at radius 3 is 2.36 bits per heavy atom. The van der Waals surface area contributed by atoms with Crippen LogP contribution in [0.4, 0.5) is 0 Å². The predicted molar refractivity (Wildman–Crippen MR) is 85.4 cm³/mol. The van der Waals surface area contributed by atoms with Gasteiger partial charge in [-0.15, -0.1) is 0 Å². The van der Waals surface area contributed by atoms with E-state index in [1.165, 1.54) is 5.56 Å². The van der Waals surface area contributed by atoms with Crippen molar-refractivity contribution in [3.8, 4) is 0 Å². The van der Waals surface area contributed by atoms with E-state index in [2.05, 4.69) is 36.4 Å². The van der Waals surface area contributed by atoms with Crippen LogP contribution < -0.4 is 0 Å². The number of rotatable bonds is 2. The lowest BCUT2D eigenvalue weighted by Crippen LogP contribution is -2.35. The zero-order chi connectivity index (χ0) is 15.0. The van der Waals surface area contributed by atoms with Crippen LogP contribution in [0.5, 0.6) is 0 Å². The Labute approximate surface area is 131 Å². The molecular formula is C20H20O2. The molecule has 2 saturated heterocycles. The maximum absolute atomic E-state index is 12.3. The number of carbonyl (C=O) groups excluding carboxylic acids is 1. The number of benzene rings is 2. The molecule has 1 aliphatic carbocycles.